The quantitative estimate of drug-likeness (QED) is 0.886. The molecule has 2 aromatic carbocycles. The van der Waals surface area contributed by atoms with Gasteiger partial charge in [0.25, 0.3) is 0 Å². The monoisotopic (exact) mass is 282 g/mol. The molecule has 0 amide bonds. The van der Waals surface area contributed by atoms with Gasteiger partial charge in [0.2, 0.25) is 0 Å². The molecule has 2 aromatic rings. The van der Waals surface area contributed by atoms with Crippen molar-refractivity contribution in [1.29, 1.82) is 0 Å². The molecule has 0 radical (unpaired) electrons. The lowest BCUT2D eigenvalue weighted by Gasteiger charge is -2.32. The number of rotatable bonds is 2. The number of benzene rings is 2. The topological polar surface area (TPSA) is 35.5 Å². The molecule has 0 spiro atoms. The van der Waals surface area contributed by atoms with Gasteiger partial charge in [-0.15, -0.1) is 0 Å². The van der Waals surface area contributed by atoms with Crippen LogP contribution in [0.4, 0.5) is 5.69 Å². The van der Waals surface area contributed by atoms with Crippen molar-refractivity contribution in [3.63, 3.8) is 0 Å². The van der Waals surface area contributed by atoms with Crippen molar-refractivity contribution in [1.82, 2.24) is 5.32 Å². The van der Waals surface area contributed by atoms with Gasteiger partial charge in [-0.05, 0) is 31.5 Å². The average Bonchev–Trinajstić information content (AvgIpc) is 2.71. The molecule has 1 atom stereocenters. The van der Waals surface area contributed by atoms with Crippen molar-refractivity contribution >= 4 is 5.69 Å². The lowest BCUT2D eigenvalue weighted by atomic mass is 10.0. The molecule has 1 aliphatic heterocycles. The first kappa shape index (κ1) is 14.0. The molecule has 3 rings (SSSR count). The van der Waals surface area contributed by atoms with Crippen LogP contribution in [0.1, 0.15) is 29.7 Å². The summed E-state index contributed by atoms with van der Waals surface area (Å²) in [6.07, 6.45) is 0. The lowest BCUT2D eigenvalue weighted by Crippen LogP contribution is -2.31. The van der Waals surface area contributed by atoms with E-state index in [9.17, 15) is 5.11 Å². The number of hydrogen-bond acceptors (Lipinski definition) is 3. The Morgan fingerprint density at radius 1 is 1.19 bits per heavy atom. The van der Waals surface area contributed by atoms with Gasteiger partial charge < -0.3 is 15.3 Å². The lowest BCUT2D eigenvalue weighted by molar-refractivity contribution is 0.460. The van der Waals surface area contributed by atoms with Crippen LogP contribution in [0, 0.1) is 6.92 Å². The molecule has 1 heterocycles. The van der Waals surface area contributed by atoms with Crippen molar-refractivity contribution in [3.8, 4) is 5.75 Å². The Kier molecular flexibility index (Phi) is 3.84. The van der Waals surface area contributed by atoms with Crippen molar-refractivity contribution in [2.45, 2.75) is 26.4 Å². The van der Waals surface area contributed by atoms with Gasteiger partial charge in [0, 0.05) is 30.9 Å². The van der Waals surface area contributed by atoms with Gasteiger partial charge in [-0.1, -0.05) is 35.9 Å². The molecule has 0 saturated carbocycles. The fourth-order valence-electron chi connectivity index (χ4n) is 3.06. The third-order valence-corrected chi connectivity index (χ3v) is 4.25. The van der Waals surface area contributed by atoms with Crippen molar-refractivity contribution in [2.24, 2.45) is 0 Å². The van der Waals surface area contributed by atoms with E-state index in [1.807, 2.05) is 6.07 Å². The fourth-order valence-corrected chi connectivity index (χ4v) is 3.06. The van der Waals surface area contributed by atoms with E-state index in [0.29, 0.717) is 5.75 Å². The van der Waals surface area contributed by atoms with Gasteiger partial charge in [0.15, 0.2) is 0 Å². The van der Waals surface area contributed by atoms with Crippen molar-refractivity contribution < 1.29 is 5.11 Å². The van der Waals surface area contributed by atoms with Gasteiger partial charge in [-0.25, -0.2) is 0 Å². The van der Waals surface area contributed by atoms with Gasteiger partial charge in [-0.3, -0.25) is 0 Å². The number of nitrogens with one attached hydrogen (secondary N) is 1. The van der Waals surface area contributed by atoms with Gasteiger partial charge in [0.05, 0.1) is 6.04 Å². The molecule has 1 aliphatic rings. The molecular formula is C18H22N2O. The molecule has 1 unspecified atom stereocenters. The third-order valence-electron chi connectivity index (χ3n) is 4.25. The van der Waals surface area contributed by atoms with Crippen LogP contribution >= 0.6 is 0 Å². The largest absolute Gasteiger partial charge is 0.508 e. The van der Waals surface area contributed by atoms with Crippen molar-refractivity contribution in [2.75, 3.05) is 18.0 Å². The maximum atomic E-state index is 10.2. The Balaban J connectivity index is 2.01. The number of phenols is 1. The van der Waals surface area contributed by atoms with Crippen molar-refractivity contribution in [3.05, 3.63) is 59.2 Å². The number of aryl methyl sites for hydroxylation is 1. The van der Waals surface area contributed by atoms with E-state index in [-0.39, 0.29) is 6.04 Å². The number of hydrogen-bond donors (Lipinski definition) is 2. The molecule has 3 heteroatoms. The number of para-hydroxylation sites is 1. The van der Waals surface area contributed by atoms with Gasteiger partial charge >= 0.3 is 0 Å². The predicted octanol–water partition coefficient (Wildman–Crippen LogP) is 3.37. The van der Waals surface area contributed by atoms with Crippen LogP contribution in [-0.2, 0) is 6.54 Å². The van der Waals surface area contributed by atoms with E-state index in [1.54, 1.807) is 6.07 Å². The third kappa shape index (κ3) is 2.74. The summed E-state index contributed by atoms with van der Waals surface area (Å²) in [6.45, 7) is 7.01. The Hall–Kier alpha value is -2.00. The SMILES string of the molecule is Cc1ccc(O)c(C(C)N2CCNCc3ccccc32)c1. The zero-order valence-electron chi connectivity index (χ0n) is 12.6. The Labute approximate surface area is 126 Å². The van der Waals surface area contributed by atoms with Gasteiger partial charge in [0.1, 0.15) is 5.75 Å². The average molecular weight is 282 g/mol. The van der Waals surface area contributed by atoms with E-state index >= 15 is 0 Å². The van der Waals surface area contributed by atoms with E-state index in [1.165, 1.54) is 16.8 Å². The highest BCUT2D eigenvalue weighted by Gasteiger charge is 2.22. The summed E-state index contributed by atoms with van der Waals surface area (Å²) < 4.78 is 0. The van der Waals surface area contributed by atoms with Gasteiger partial charge in [-0.2, -0.15) is 0 Å². The minimum atomic E-state index is 0.144. The molecule has 110 valence electrons. The first-order valence-corrected chi connectivity index (χ1v) is 7.51. The summed E-state index contributed by atoms with van der Waals surface area (Å²) in [7, 11) is 0. The maximum absolute atomic E-state index is 10.2. The first-order chi connectivity index (χ1) is 10.2. The highest BCUT2D eigenvalue weighted by atomic mass is 16.3. The van der Waals surface area contributed by atoms with E-state index in [2.05, 4.69) is 54.4 Å². The second-order valence-corrected chi connectivity index (χ2v) is 5.74. The standard InChI is InChI=1S/C18H22N2O/c1-13-7-8-18(21)16(11-13)14(2)20-10-9-19-12-15-5-3-4-6-17(15)20/h3-8,11,14,19,21H,9-10,12H2,1-2H3. The zero-order chi connectivity index (χ0) is 14.8. The van der Waals surface area contributed by atoms with Crippen LogP contribution < -0.4 is 10.2 Å². The fraction of sp³-hybridized carbons (Fsp3) is 0.333. The molecular weight excluding hydrogens is 260 g/mol. The number of aromatic hydroxyl groups is 1. The van der Waals surface area contributed by atoms with Crippen LogP contribution in [0.15, 0.2) is 42.5 Å². The predicted molar refractivity (Wildman–Crippen MR) is 86.8 cm³/mol. The highest BCUT2D eigenvalue weighted by Crippen LogP contribution is 2.34. The van der Waals surface area contributed by atoms with E-state index in [4.69, 9.17) is 0 Å². The molecule has 0 bridgehead atoms. The summed E-state index contributed by atoms with van der Waals surface area (Å²) in [5, 5.41) is 13.7. The first-order valence-electron chi connectivity index (χ1n) is 7.51. The number of anilines is 1. The summed E-state index contributed by atoms with van der Waals surface area (Å²) in [5.74, 6) is 0.378. The van der Waals surface area contributed by atoms with Crippen LogP contribution in [0.2, 0.25) is 0 Å². The normalized spacial score (nSPS) is 16.2. The second kappa shape index (κ2) is 5.78. The molecule has 0 saturated heterocycles. The summed E-state index contributed by atoms with van der Waals surface area (Å²) in [4.78, 5) is 2.38. The summed E-state index contributed by atoms with van der Waals surface area (Å²) in [5.41, 5.74) is 4.74. The number of nitrogens with zero attached hydrogens (tertiary/aromatic N) is 1. The molecule has 2 N–H and O–H groups in total. The van der Waals surface area contributed by atoms with Crippen LogP contribution in [0.3, 0.4) is 0 Å². The maximum Gasteiger partial charge on any atom is 0.120 e. The van der Waals surface area contributed by atoms with E-state index < -0.39 is 0 Å². The van der Waals surface area contributed by atoms with Crippen LogP contribution in [0.5, 0.6) is 5.75 Å². The number of fused-ring (bicyclic) bond motifs is 1. The molecule has 3 nitrogen and oxygen atoms in total. The van der Waals surface area contributed by atoms with Crippen LogP contribution in [0.25, 0.3) is 0 Å². The zero-order valence-corrected chi connectivity index (χ0v) is 12.6. The number of phenolic OH excluding ortho intramolecular Hbond substituents is 1. The smallest absolute Gasteiger partial charge is 0.120 e. The molecule has 21 heavy (non-hydrogen) atoms. The van der Waals surface area contributed by atoms with Crippen LogP contribution in [-0.4, -0.2) is 18.2 Å². The molecule has 0 aromatic heterocycles. The molecule has 0 aliphatic carbocycles. The summed E-state index contributed by atoms with van der Waals surface area (Å²) >= 11 is 0. The highest BCUT2D eigenvalue weighted by molar-refractivity contribution is 5.57. The minimum Gasteiger partial charge on any atom is -0.508 e. The minimum absolute atomic E-state index is 0.144. The Morgan fingerprint density at radius 2 is 2.00 bits per heavy atom. The second-order valence-electron chi connectivity index (χ2n) is 5.74. The molecule has 0 fully saturated rings. The summed E-state index contributed by atoms with van der Waals surface area (Å²) in [6, 6.07) is 14.5. The Morgan fingerprint density at radius 3 is 2.86 bits per heavy atom. The Bertz CT molecular complexity index is 639. The van der Waals surface area contributed by atoms with E-state index in [0.717, 1.165) is 25.2 Å².